The van der Waals surface area contributed by atoms with Crippen molar-refractivity contribution in [1.82, 2.24) is 14.9 Å². The van der Waals surface area contributed by atoms with Gasteiger partial charge in [-0.15, -0.1) is 0 Å². The maximum absolute atomic E-state index is 12.3. The molecular formula is C21H36N4O4S. The molecule has 1 aromatic carbocycles. The molecule has 0 amide bonds. The Labute approximate surface area is 181 Å². The molecule has 30 heavy (non-hydrogen) atoms. The summed E-state index contributed by atoms with van der Waals surface area (Å²) in [6.07, 6.45) is 3.02. The van der Waals surface area contributed by atoms with Crippen LogP contribution in [0, 0.1) is 0 Å². The molecule has 0 aromatic heterocycles. The van der Waals surface area contributed by atoms with E-state index in [1.807, 2.05) is 50.1 Å². The zero-order chi connectivity index (χ0) is 21.8. The summed E-state index contributed by atoms with van der Waals surface area (Å²) >= 11 is 0. The number of nitrogens with one attached hydrogen (secondary N) is 2. The summed E-state index contributed by atoms with van der Waals surface area (Å²) in [5.74, 6) is 1.48. The van der Waals surface area contributed by atoms with Gasteiger partial charge in [0.2, 0.25) is 10.0 Å². The molecular weight excluding hydrogens is 404 g/mol. The minimum absolute atomic E-state index is 0.0189. The Morgan fingerprint density at radius 2 is 2.03 bits per heavy atom. The minimum Gasteiger partial charge on any atom is -0.494 e. The Balaban J connectivity index is 1.85. The average Bonchev–Trinajstić information content (AvgIpc) is 2.74. The van der Waals surface area contributed by atoms with Gasteiger partial charge in [-0.3, -0.25) is 4.99 Å². The normalized spacial score (nSPS) is 17.6. The lowest BCUT2D eigenvalue weighted by Gasteiger charge is -2.23. The predicted octanol–water partition coefficient (Wildman–Crippen LogP) is 1.97. The van der Waals surface area contributed by atoms with E-state index in [0.717, 1.165) is 30.6 Å². The second kappa shape index (κ2) is 12.8. The van der Waals surface area contributed by atoms with E-state index < -0.39 is 10.0 Å². The minimum atomic E-state index is -3.38. The lowest BCUT2D eigenvalue weighted by Crippen LogP contribution is -2.39. The summed E-state index contributed by atoms with van der Waals surface area (Å²) in [6.45, 7) is 7.19. The molecule has 0 radical (unpaired) electrons. The molecule has 0 saturated carbocycles. The third-order valence-corrected chi connectivity index (χ3v) is 6.10. The van der Waals surface area contributed by atoms with Crippen molar-refractivity contribution in [3.8, 4) is 5.75 Å². The Morgan fingerprint density at radius 3 is 2.67 bits per heavy atom. The van der Waals surface area contributed by atoms with Gasteiger partial charge in [-0.1, -0.05) is 12.1 Å². The van der Waals surface area contributed by atoms with Crippen LogP contribution in [0.3, 0.4) is 0 Å². The molecule has 0 spiro atoms. The molecule has 2 rings (SSSR count). The lowest BCUT2D eigenvalue weighted by atomic mass is 10.1. The van der Waals surface area contributed by atoms with Gasteiger partial charge in [0.15, 0.2) is 5.96 Å². The van der Waals surface area contributed by atoms with Crippen molar-refractivity contribution in [3.05, 3.63) is 29.8 Å². The van der Waals surface area contributed by atoms with Crippen LogP contribution in [-0.4, -0.2) is 71.0 Å². The van der Waals surface area contributed by atoms with Crippen molar-refractivity contribution < 1.29 is 17.9 Å². The predicted molar refractivity (Wildman–Crippen MR) is 120 cm³/mol. The Kier molecular flexibility index (Phi) is 10.4. The third-order valence-electron chi connectivity index (χ3n) is 4.78. The first-order valence-electron chi connectivity index (χ1n) is 10.7. The molecule has 0 aliphatic carbocycles. The van der Waals surface area contributed by atoms with Crippen LogP contribution in [0.2, 0.25) is 0 Å². The first-order chi connectivity index (χ1) is 14.4. The summed E-state index contributed by atoms with van der Waals surface area (Å²) in [7, 11) is -1.45. The van der Waals surface area contributed by atoms with Crippen molar-refractivity contribution in [2.24, 2.45) is 4.99 Å². The van der Waals surface area contributed by atoms with Gasteiger partial charge < -0.3 is 19.7 Å². The monoisotopic (exact) mass is 440 g/mol. The number of aliphatic imine (C=N–C) groups is 1. The van der Waals surface area contributed by atoms with Crippen molar-refractivity contribution in [2.45, 2.75) is 45.8 Å². The molecule has 1 unspecified atom stereocenters. The van der Waals surface area contributed by atoms with Crippen LogP contribution in [-0.2, 0) is 21.3 Å². The van der Waals surface area contributed by atoms with Crippen molar-refractivity contribution >= 4 is 16.0 Å². The van der Waals surface area contributed by atoms with Gasteiger partial charge >= 0.3 is 0 Å². The fraction of sp³-hybridized carbons (Fsp3) is 0.667. The third kappa shape index (κ3) is 8.89. The molecule has 1 aromatic rings. The molecule has 1 aliphatic rings. The van der Waals surface area contributed by atoms with Crippen LogP contribution in [0.5, 0.6) is 5.75 Å². The molecule has 1 aliphatic heterocycles. The van der Waals surface area contributed by atoms with Gasteiger partial charge in [-0.2, -0.15) is 0 Å². The zero-order valence-corrected chi connectivity index (χ0v) is 19.2. The van der Waals surface area contributed by atoms with Crippen molar-refractivity contribution in [3.63, 3.8) is 0 Å². The van der Waals surface area contributed by atoms with E-state index in [4.69, 9.17) is 9.47 Å². The highest BCUT2D eigenvalue weighted by atomic mass is 32.2. The van der Waals surface area contributed by atoms with Crippen LogP contribution in [0.15, 0.2) is 29.3 Å². The second-order valence-electron chi connectivity index (χ2n) is 7.32. The fourth-order valence-electron chi connectivity index (χ4n) is 3.21. The van der Waals surface area contributed by atoms with Gasteiger partial charge in [0, 0.05) is 33.3 Å². The number of hydrogen-bond acceptors (Lipinski definition) is 5. The summed E-state index contributed by atoms with van der Waals surface area (Å²) in [6, 6.07) is 7.94. The van der Waals surface area contributed by atoms with Crippen LogP contribution >= 0.6 is 0 Å². The van der Waals surface area contributed by atoms with Gasteiger partial charge in [-0.25, -0.2) is 13.1 Å². The summed E-state index contributed by atoms with van der Waals surface area (Å²) in [5, 5.41) is 3.22. The molecule has 170 valence electrons. The Bertz CT molecular complexity index is 747. The molecule has 2 N–H and O–H groups in total. The van der Waals surface area contributed by atoms with Crippen LogP contribution in [0.4, 0.5) is 0 Å². The molecule has 1 saturated heterocycles. The maximum atomic E-state index is 12.3. The van der Waals surface area contributed by atoms with Crippen LogP contribution < -0.4 is 14.8 Å². The van der Waals surface area contributed by atoms with Gasteiger partial charge in [0.05, 0.1) is 25.0 Å². The van der Waals surface area contributed by atoms with Crippen LogP contribution in [0.1, 0.15) is 38.7 Å². The van der Waals surface area contributed by atoms with Crippen LogP contribution in [0.25, 0.3) is 0 Å². The maximum Gasteiger partial charge on any atom is 0.213 e. The highest BCUT2D eigenvalue weighted by Crippen LogP contribution is 2.13. The number of sulfonamides is 1. The first kappa shape index (κ1) is 24.4. The van der Waals surface area contributed by atoms with E-state index in [1.165, 1.54) is 0 Å². The van der Waals surface area contributed by atoms with E-state index in [1.54, 1.807) is 0 Å². The van der Waals surface area contributed by atoms with E-state index in [0.29, 0.717) is 38.8 Å². The average molecular weight is 441 g/mol. The van der Waals surface area contributed by atoms with Gasteiger partial charge in [0.1, 0.15) is 5.75 Å². The quantitative estimate of drug-likeness (QED) is 0.404. The number of benzene rings is 1. The second-order valence-corrected chi connectivity index (χ2v) is 9.25. The lowest BCUT2D eigenvalue weighted by molar-refractivity contribution is 0.0200. The summed E-state index contributed by atoms with van der Waals surface area (Å²) < 4.78 is 38.3. The van der Waals surface area contributed by atoms with E-state index in [9.17, 15) is 8.42 Å². The number of ether oxygens (including phenoxy) is 2. The molecule has 1 fully saturated rings. The smallest absolute Gasteiger partial charge is 0.213 e. The van der Waals surface area contributed by atoms with E-state index in [-0.39, 0.29) is 18.4 Å². The molecule has 1 heterocycles. The number of nitrogens with zero attached hydrogens (tertiary/aromatic N) is 2. The van der Waals surface area contributed by atoms with E-state index >= 15 is 0 Å². The fourth-order valence-corrected chi connectivity index (χ4v) is 4.12. The van der Waals surface area contributed by atoms with E-state index in [2.05, 4.69) is 15.0 Å². The van der Waals surface area contributed by atoms with Gasteiger partial charge in [-0.05, 0) is 50.8 Å². The molecule has 1 atom stereocenters. The standard InChI is InChI=1S/C21H36N4O4S/c1-4-22-21(25(3)17-18-9-11-19(12-10-18)28-5-2)23-13-15-30(26,27)24-16-20-8-6-7-14-29-20/h9-12,20,24H,4-8,13-17H2,1-3H3,(H,22,23). The molecule has 8 nitrogen and oxygen atoms in total. The highest BCUT2D eigenvalue weighted by molar-refractivity contribution is 7.89. The van der Waals surface area contributed by atoms with Crippen molar-refractivity contribution in [1.29, 1.82) is 0 Å². The highest BCUT2D eigenvalue weighted by Gasteiger charge is 2.17. The van der Waals surface area contributed by atoms with Crippen molar-refractivity contribution in [2.75, 3.05) is 45.6 Å². The first-order valence-corrected chi connectivity index (χ1v) is 12.4. The SMILES string of the molecule is CCNC(=NCCS(=O)(=O)NCC1CCCCO1)N(C)Cc1ccc(OCC)cc1. The Morgan fingerprint density at radius 1 is 1.27 bits per heavy atom. The van der Waals surface area contributed by atoms with Gasteiger partial charge in [0.25, 0.3) is 0 Å². The number of hydrogen-bond donors (Lipinski definition) is 2. The summed E-state index contributed by atoms with van der Waals surface area (Å²) in [5.41, 5.74) is 1.12. The number of guanidine groups is 1. The molecule has 0 bridgehead atoms. The Hall–Kier alpha value is -1.84. The molecule has 9 heteroatoms. The summed E-state index contributed by atoms with van der Waals surface area (Å²) in [4.78, 5) is 6.47. The number of rotatable bonds is 11. The zero-order valence-electron chi connectivity index (χ0n) is 18.4. The largest absolute Gasteiger partial charge is 0.494 e. The topological polar surface area (TPSA) is 92.3 Å².